The maximum Gasteiger partial charge on any atom is 0.243 e. The summed E-state index contributed by atoms with van der Waals surface area (Å²) in [4.78, 5) is 2.51. The van der Waals surface area contributed by atoms with Crippen LogP contribution in [0.5, 0.6) is 5.75 Å². The van der Waals surface area contributed by atoms with Crippen LogP contribution in [-0.2, 0) is 10.0 Å². The van der Waals surface area contributed by atoms with Crippen molar-refractivity contribution in [2.75, 3.05) is 39.3 Å². The lowest BCUT2D eigenvalue weighted by Gasteiger charge is -2.33. The second-order valence-corrected chi connectivity index (χ2v) is 7.63. The number of piperazine rings is 1. The zero-order valence-electron chi connectivity index (χ0n) is 13.3. The SMILES string of the molecule is CCOc1cc(C)c(S(=O)(=O)N2CCN(CC)CC2)cc1Cl. The van der Waals surface area contributed by atoms with E-state index in [-0.39, 0.29) is 4.90 Å². The molecule has 1 aliphatic heterocycles. The molecule has 0 N–H and O–H groups in total. The van der Waals surface area contributed by atoms with Gasteiger partial charge in [0.15, 0.2) is 0 Å². The lowest BCUT2D eigenvalue weighted by molar-refractivity contribution is 0.196. The normalized spacial score (nSPS) is 17.6. The van der Waals surface area contributed by atoms with Gasteiger partial charge in [-0.15, -0.1) is 0 Å². The Kier molecular flexibility index (Phi) is 5.71. The highest BCUT2D eigenvalue weighted by Crippen LogP contribution is 2.32. The first-order chi connectivity index (χ1) is 10.4. The van der Waals surface area contributed by atoms with E-state index in [2.05, 4.69) is 11.8 Å². The molecule has 0 bridgehead atoms. The number of ether oxygens (including phenoxy) is 1. The number of hydrogen-bond donors (Lipinski definition) is 0. The van der Waals surface area contributed by atoms with E-state index in [0.29, 0.717) is 36.0 Å². The van der Waals surface area contributed by atoms with Gasteiger partial charge in [-0.25, -0.2) is 8.42 Å². The van der Waals surface area contributed by atoms with Crippen LogP contribution in [0, 0.1) is 6.92 Å². The van der Waals surface area contributed by atoms with Gasteiger partial charge in [0.25, 0.3) is 0 Å². The third-order valence-electron chi connectivity index (χ3n) is 3.93. The molecule has 0 aromatic heterocycles. The molecule has 2 rings (SSSR count). The highest BCUT2D eigenvalue weighted by molar-refractivity contribution is 7.89. The molecule has 22 heavy (non-hydrogen) atoms. The molecule has 124 valence electrons. The average molecular weight is 347 g/mol. The van der Waals surface area contributed by atoms with Crippen LogP contribution >= 0.6 is 11.6 Å². The Morgan fingerprint density at radius 2 is 1.82 bits per heavy atom. The summed E-state index contributed by atoms with van der Waals surface area (Å²) in [6.45, 7) is 9.71. The number of aryl methyl sites for hydroxylation is 1. The van der Waals surface area contributed by atoms with Crippen LogP contribution in [0.3, 0.4) is 0 Å². The minimum Gasteiger partial charge on any atom is -0.492 e. The summed E-state index contributed by atoms with van der Waals surface area (Å²) in [6.07, 6.45) is 0. The molecule has 0 atom stereocenters. The van der Waals surface area contributed by atoms with Gasteiger partial charge in [-0.1, -0.05) is 18.5 Å². The predicted octanol–water partition coefficient (Wildman–Crippen LogP) is 2.37. The first-order valence-corrected chi connectivity index (χ1v) is 9.37. The number of halogens is 1. The molecule has 1 fully saturated rings. The fourth-order valence-corrected chi connectivity index (χ4v) is 4.54. The van der Waals surface area contributed by atoms with Gasteiger partial charge in [0.2, 0.25) is 10.0 Å². The van der Waals surface area contributed by atoms with Crippen molar-refractivity contribution in [2.45, 2.75) is 25.7 Å². The summed E-state index contributed by atoms with van der Waals surface area (Å²) >= 11 is 6.15. The van der Waals surface area contributed by atoms with E-state index in [1.165, 1.54) is 10.4 Å². The number of hydrogen-bond acceptors (Lipinski definition) is 4. The molecule has 0 amide bonds. The van der Waals surface area contributed by atoms with Gasteiger partial charge in [-0.2, -0.15) is 4.31 Å². The Bertz CT molecular complexity index is 626. The Morgan fingerprint density at radius 1 is 1.18 bits per heavy atom. The molecule has 0 unspecified atom stereocenters. The number of sulfonamides is 1. The van der Waals surface area contributed by atoms with Crippen molar-refractivity contribution in [2.24, 2.45) is 0 Å². The standard InChI is InChI=1S/C15H23ClN2O3S/c1-4-17-6-8-18(9-7-17)22(19,20)15-11-13(16)14(21-5-2)10-12(15)3/h10-11H,4-9H2,1-3H3. The van der Waals surface area contributed by atoms with Crippen LogP contribution < -0.4 is 4.74 Å². The summed E-state index contributed by atoms with van der Waals surface area (Å²) in [5.74, 6) is 0.524. The fraction of sp³-hybridized carbons (Fsp3) is 0.600. The van der Waals surface area contributed by atoms with Crippen molar-refractivity contribution in [1.29, 1.82) is 0 Å². The molecule has 0 aliphatic carbocycles. The van der Waals surface area contributed by atoms with Gasteiger partial charge in [-0.05, 0) is 38.1 Å². The Labute approximate surface area is 137 Å². The second kappa shape index (κ2) is 7.17. The number of nitrogens with zero attached hydrogens (tertiary/aromatic N) is 2. The largest absolute Gasteiger partial charge is 0.492 e. The minimum absolute atomic E-state index is 0.269. The molecule has 0 spiro atoms. The van der Waals surface area contributed by atoms with Crippen molar-refractivity contribution in [3.05, 3.63) is 22.7 Å². The van der Waals surface area contributed by atoms with Gasteiger partial charge in [-0.3, -0.25) is 0 Å². The molecule has 1 aromatic carbocycles. The molecule has 5 nitrogen and oxygen atoms in total. The first kappa shape index (κ1) is 17.5. The molecule has 7 heteroatoms. The summed E-state index contributed by atoms with van der Waals surface area (Å²) in [7, 11) is -3.51. The summed E-state index contributed by atoms with van der Waals surface area (Å²) in [5.41, 5.74) is 0.658. The highest BCUT2D eigenvalue weighted by atomic mass is 35.5. The summed E-state index contributed by atoms with van der Waals surface area (Å²) in [6, 6.07) is 3.20. The monoisotopic (exact) mass is 346 g/mol. The number of rotatable bonds is 5. The maximum absolute atomic E-state index is 12.8. The molecule has 0 radical (unpaired) electrons. The minimum atomic E-state index is -3.51. The highest BCUT2D eigenvalue weighted by Gasteiger charge is 2.29. The Morgan fingerprint density at radius 3 is 2.36 bits per heavy atom. The van der Waals surface area contributed by atoms with E-state index < -0.39 is 10.0 Å². The van der Waals surface area contributed by atoms with E-state index in [9.17, 15) is 8.42 Å². The zero-order chi connectivity index (χ0) is 16.3. The predicted molar refractivity (Wildman–Crippen MR) is 88.2 cm³/mol. The molecular weight excluding hydrogens is 324 g/mol. The second-order valence-electron chi connectivity index (χ2n) is 5.32. The van der Waals surface area contributed by atoms with E-state index in [4.69, 9.17) is 16.3 Å². The van der Waals surface area contributed by atoms with Gasteiger partial charge in [0.05, 0.1) is 16.5 Å². The number of benzene rings is 1. The summed E-state index contributed by atoms with van der Waals surface area (Å²) < 4.78 is 32.6. The van der Waals surface area contributed by atoms with Gasteiger partial charge >= 0.3 is 0 Å². The Balaban J connectivity index is 2.28. The van der Waals surface area contributed by atoms with Crippen molar-refractivity contribution < 1.29 is 13.2 Å². The molecular formula is C15H23ClN2O3S. The van der Waals surface area contributed by atoms with Gasteiger partial charge in [0, 0.05) is 26.2 Å². The van der Waals surface area contributed by atoms with Crippen LogP contribution in [0.1, 0.15) is 19.4 Å². The third kappa shape index (κ3) is 3.56. The van der Waals surface area contributed by atoms with Crippen molar-refractivity contribution in [3.63, 3.8) is 0 Å². The smallest absolute Gasteiger partial charge is 0.243 e. The quantitative estimate of drug-likeness (QED) is 0.821. The van der Waals surface area contributed by atoms with Crippen LogP contribution in [0.25, 0.3) is 0 Å². The van der Waals surface area contributed by atoms with E-state index in [0.717, 1.165) is 19.6 Å². The van der Waals surface area contributed by atoms with Crippen LogP contribution in [-0.4, -0.2) is 57.0 Å². The Hall–Kier alpha value is -0.820. The number of likely N-dealkylation sites (N-methyl/N-ethyl adjacent to an activating group) is 1. The lowest BCUT2D eigenvalue weighted by Crippen LogP contribution is -2.48. The topological polar surface area (TPSA) is 49.9 Å². The van der Waals surface area contributed by atoms with Gasteiger partial charge < -0.3 is 9.64 Å². The van der Waals surface area contributed by atoms with E-state index in [1.807, 2.05) is 6.92 Å². The van der Waals surface area contributed by atoms with Crippen molar-refractivity contribution in [1.82, 2.24) is 9.21 Å². The molecule has 1 heterocycles. The molecule has 1 saturated heterocycles. The van der Waals surface area contributed by atoms with Crippen LogP contribution in [0.15, 0.2) is 17.0 Å². The van der Waals surface area contributed by atoms with Gasteiger partial charge in [0.1, 0.15) is 5.75 Å². The fourth-order valence-electron chi connectivity index (χ4n) is 2.61. The first-order valence-electron chi connectivity index (χ1n) is 7.55. The third-order valence-corrected chi connectivity index (χ3v) is 6.26. The maximum atomic E-state index is 12.8. The van der Waals surface area contributed by atoms with Crippen LogP contribution in [0.2, 0.25) is 5.02 Å². The molecule has 0 saturated carbocycles. The molecule has 1 aliphatic rings. The average Bonchev–Trinajstić information content (AvgIpc) is 2.50. The van der Waals surface area contributed by atoms with E-state index >= 15 is 0 Å². The summed E-state index contributed by atoms with van der Waals surface area (Å²) in [5, 5.41) is 0.332. The van der Waals surface area contributed by atoms with Crippen molar-refractivity contribution >= 4 is 21.6 Å². The van der Waals surface area contributed by atoms with E-state index in [1.54, 1.807) is 13.0 Å². The van der Waals surface area contributed by atoms with Crippen molar-refractivity contribution in [3.8, 4) is 5.75 Å². The van der Waals surface area contributed by atoms with Crippen LogP contribution in [0.4, 0.5) is 0 Å². The lowest BCUT2D eigenvalue weighted by atomic mass is 10.2. The molecule has 1 aromatic rings. The zero-order valence-corrected chi connectivity index (χ0v) is 14.9.